The quantitative estimate of drug-likeness (QED) is 0.561. The van der Waals surface area contributed by atoms with Gasteiger partial charge >= 0.3 is 16.1 Å². The van der Waals surface area contributed by atoms with Crippen LogP contribution in [-0.4, -0.2) is 43.4 Å². The highest BCUT2D eigenvalue weighted by Gasteiger charge is 2.38. The molecule has 1 aliphatic heterocycles. The summed E-state index contributed by atoms with van der Waals surface area (Å²) in [7, 11) is -3.87. The van der Waals surface area contributed by atoms with Gasteiger partial charge in [-0.3, -0.25) is 4.89 Å². The van der Waals surface area contributed by atoms with Crippen LogP contribution in [0.2, 0.25) is 0 Å². The van der Waals surface area contributed by atoms with Gasteiger partial charge in [-0.25, -0.2) is 4.79 Å². The van der Waals surface area contributed by atoms with Crippen LogP contribution in [0.25, 0.3) is 0 Å². The lowest BCUT2D eigenvalue weighted by atomic mass is 9.81. The Hall–Kier alpha value is -0.700. The maximum absolute atomic E-state index is 12.0. The lowest BCUT2D eigenvalue weighted by molar-refractivity contribution is -0.218. The topological polar surface area (TPSA) is 90.9 Å². The molecule has 0 spiro atoms. The van der Waals surface area contributed by atoms with E-state index < -0.39 is 21.3 Å². The molecular weight excluding hydrogens is 346 g/mol. The molecule has 0 aromatic heterocycles. The van der Waals surface area contributed by atoms with Crippen molar-refractivity contribution >= 4 is 16.1 Å². The van der Waals surface area contributed by atoms with Crippen LogP contribution in [-0.2, 0) is 28.9 Å². The molecular formula is C17H31NO6S. The first-order valence-electron chi connectivity index (χ1n) is 9.03. The van der Waals surface area contributed by atoms with E-state index in [-0.39, 0.29) is 23.8 Å². The number of hydrogen-bond acceptors (Lipinski definition) is 7. The first kappa shape index (κ1) is 20.6. The summed E-state index contributed by atoms with van der Waals surface area (Å²) in [4.78, 5) is 16.3. The fraction of sp³-hybridized carbons (Fsp3) is 0.941. The number of ether oxygens (including phenoxy) is 1. The number of carbonyl (C=O) groups is 1. The number of carbonyl (C=O) groups excluding carboxylic acids is 1. The fourth-order valence-electron chi connectivity index (χ4n) is 4.05. The van der Waals surface area contributed by atoms with Gasteiger partial charge < -0.3 is 10.1 Å². The third kappa shape index (κ3) is 6.51. The Morgan fingerprint density at radius 2 is 1.60 bits per heavy atom. The zero-order valence-electron chi connectivity index (χ0n) is 15.7. The molecule has 1 saturated carbocycles. The molecule has 1 heterocycles. The van der Waals surface area contributed by atoms with Crippen LogP contribution in [0, 0.1) is 0 Å². The van der Waals surface area contributed by atoms with E-state index in [0.29, 0.717) is 12.8 Å². The van der Waals surface area contributed by atoms with Crippen molar-refractivity contribution in [2.45, 2.75) is 95.1 Å². The van der Waals surface area contributed by atoms with Crippen LogP contribution in [0.3, 0.4) is 0 Å². The maximum atomic E-state index is 12.0. The minimum absolute atomic E-state index is 0.100. The van der Waals surface area contributed by atoms with Crippen molar-refractivity contribution in [3.8, 4) is 0 Å². The second-order valence-corrected chi connectivity index (χ2v) is 10.3. The molecule has 2 rings (SSSR count). The van der Waals surface area contributed by atoms with E-state index in [0.717, 1.165) is 32.1 Å². The van der Waals surface area contributed by atoms with Gasteiger partial charge in [0, 0.05) is 11.1 Å². The summed E-state index contributed by atoms with van der Waals surface area (Å²) in [5.74, 6) is -0.825. The van der Waals surface area contributed by atoms with Crippen molar-refractivity contribution in [2.75, 3.05) is 6.61 Å². The number of rotatable bonds is 6. The smallest absolute Gasteiger partial charge is 0.366 e. The second kappa shape index (κ2) is 7.90. The largest absolute Gasteiger partial charge is 0.369 e. The van der Waals surface area contributed by atoms with Crippen LogP contribution in [0.4, 0.5) is 0 Å². The molecule has 0 radical (unpaired) electrons. The van der Waals surface area contributed by atoms with E-state index >= 15 is 0 Å². The maximum Gasteiger partial charge on any atom is 0.369 e. The highest BCUT2D eigenvalue weighted by molar-refractivity contribution is 7.87. The molecule has 8 heteroatoms. The molecule has 0 unspecified atom stereocenters. The van der Waals surface area contributed by atoms with Gasteiger partial charge in [0.1, 0.15) is 6.61 Å². The van der Waals surface area contributed by atoms with Crippen LogP contribution in [0.15, 0.2) is 0 Å². The number of hydrogen-bond donors (Lipinski definition) is 1. The Bertz CT molecular complexity index is 550. The van der Waals surface area contributed by atoms with Crippen LogP contribution in [0.1, 0.15) is 72.6 Å². The van der Waals surface area contributed by atoms with Crippen molar-refractivity contribution in [1.82, 2.24) is 5.32 Å². The third-order valence-corrected chi connectivity index (χ3v) is 6.32. The minimum Gasteiger partial charge on any atom is -0.366 e. The van der Waals surface area contributed by atoms with Gasteiger partial charge in [0.25, 0.3) is 0 Å². The molecule has 7 nitrogen and oxygen atoms in total. The molecule has 146 valence electrons. The Balaban J connectivity index is 1.77. The highest BCUT2D eigenvalue weighted by atomic mass is 32.2. The van der Waals surface area contributed by atoms with Crippen LogP contribution >= 0.6 is 0 Å². The summed E-state index contributed by atoms with van der Waals surface area (Å²) in [5, 5.41) is 2.95. The summed E-state index contributed by atoms with van der Waals surface area (Å²) in [6.07, 6.45) is 5.25. The summed E-state index contributed by atoms with van der Waals surface area (Å²) in [6.45, 7) is 8.02. The Morgan fingerprint density at radius 1 is 1.04 bits per heavy atom. The SMILES string of the molecule is CC1(C)CC(OCC(=O)OOS(=O)(=O)C2CCCCC2)CC(C)(C)N1. The van der Waals surface area contributed by atoms with Crippen molar-refractivity contribution in [2.24, 2.45) is 0 Å². The first-order chi connectivity index (χ1) is 11.5. The van der Waals surface area contributed by atoms with Gasteiger partial charge in [-0.15, -0.1) is 0 Å². The molecule has 0 amide bonds. The predicted octanol–water partition coefficient (Wildman–Crippen LogP) is 2.45. The molecule has 25 heavy (non-hydrogen) atoms. The zero-order valence-corrected chi connectivity index (χ0v) is 16.5. The molecule has 0 bridgehead atoms. The van der Waals surface area contributed by atoms with E-state index in [2.05, 4.69) is 42.2 Å². The molecule has 1 saturated heterocycles. The summed E-state index contributed by atoms with van der Waals surface area (Å²) < 4.78 is 34.2. The second-order valence-electron chi connectivity index (χ2n) is 8.51. The van der Waals surface area contributed by atoms with Gasteiger partial charge in [-0.1, -0.05) is 23.6 Å². The van der Waals surface area contributed by atoms with Gasteiger partial charge in [0.05, 0.1) is 11.4 Å². The van der Waals surface area contributed by atoms with Crippen molar-refractivity contribution in [3.63, 3.8) is 0 Å². The van der Waals surface area contributed by atoms with Gasteiger partial charge in [-0.2, -0.15) is 8.42 Å². The normalized spacial score (nSPS) is 24.8. The monoisotopic (exact) mass is 377 g/mol. The standard InChI is InChI=1S/C17H31NO6S/c1-16(2)10-13(11-17(3,4)18-16)22-12-15(19)23-24-25(20,21)14-8-6-5-7-9-14/h13-14,18H,5-12H2,1-4H3. The van der Waals surface area contributed by atoms with Crippen LogP contribution in [0.5, 0.6) is 0 Å². The lowest BCUT2D eigenvalue weighted by Gasteiger charge is -2.46. The van der Waals surface area contributed by atoms with E-state index in [4.69, 9.17) is 4.74 Å². The first-order valence-corrected chi connectivity index (χ1v) is 10.5. The number of piperidine rings is 1. The molecule has 1 aliphatic carbocycles. The molecule has 0 aromatic carbocycles. The predicted molar refractivity (Wildman–Crippen MR) is 93.2 cm³/mol. The van der Waals surface area contributed by atoms with Gasteiger partial charge in [0.2, 0.25) is 0 Å². The average Bonchev–Trinajstić information content (AvgIpc) is 2.49. The van der Waals surface area contributed by atoms with E-state index in [1.807, 2.05) is 0 Å². The van der Waals surface area contributed by atoms with Crippen LogP contribution < -0.4 is 5.32 Å². The van der Waals surface area contributed by atoms with Gasteiger partial charge in [0.15, 0.2) is 0 Å². The van der Waals surface area contributed by atoms with E-state index in [1.54, 1.807) is 0 Å². The van der Waals surface area contributed by atoms with Gasteiger partial charge in [-0.05, 0) is 53.4 Å². The molecule has 2 aliphatic rings. The molecule has 0 aromatic rings. The zero-order chi connectivity index (χ0) is 18.7. The van der Waals surface area contributed by atoms with Crippen molar-refractivity contribution in [1.29, 1.82) is 0 Å². The fourth-order valence-corrected chi connectivity index (χ4v) is 5.24. The number of nitrogens with one attached hydrogen (secondary N) is 1. The Labute approximate surface area is 150 Å². The minimum atomic E-state index is -3.87. The van der Waals surface area contributed by atoms with E-state index in [1.165, 1.54) is 0 Å². The van der Waals surface area contributed by atoms with Crippen molar-refractivity contribution in [3.05, 3.63) is 0 Å². The Kier molecular flexibility index (Phi) is 6.51. The molecule has 1 N–H and O–H groups in total. The molecule has 2 fully saturated rings. The Morgan fingerprint density at radius 3 is 2.16 bits per heavy atom. The average molecular weight is 378 g/mol. The van der Waals surface area contributed by atoms with E-state index in [9.17, 15) is 13.2 Å². The molecule has 0 atom stereocenters. The van der Waals surface area contributed by atoms with Crippen molar-refractivity contribution < 1.29 is 27.2 Å². The highest BCUT2D eigenvalue weighted by Crippen LogP contribution is 2.30. The summed E-state index contributed by atoms with van der Waals surface area (Å²) >= 11 is 0. The lowest BCUT2D eigenvalue weighted by Crippen LogP contribution is -2.59. The third-order valence-electron chi connectivity index (χ3n) is 4.77. The summed E-state index contributed by atoms with van der Waals surface area (Å²) in [5.41, 5.74) is -0.200. The summed E-state index contributed by atoms with van der Waals surface area (Å²) in [6, 6.07) is 0.